The molecule has 2 heterocycles. The Kier molecular flexibility index (Phi) is 2.64. The van der Waals surface area contributed by atoms with Crippen molar-refractivity contribution in [2.45, 2.75) is 19.4 Å². The molecule has 2 N–H and O–H groups in total. The molecule has 2 aliphatic rings. The highest BCUT2D eigenvalue weighted by Gasteiger charge is 2.47. The van der Waals surface area contributed by atoms with Crippen LogP contribution in [-0.2, 0) is 16.0 Å². The van der Waals surface area contributed by atoms with E-state index in [0.717, 1.165) is 18.7 Å². The lowest BCUT2D eigenvalue weighted by atomic mass is 9.84. The van der Waals surface area contributed by atoms with Gasteiger partial charge in [0.1, 0.15) is 0 Å². The Hall–Kier alpha value is -1.39. The zero-order valence-electron chi connectivity index (χ0n) is 10.6. The fourth-order valence-corrected chi connectivity index (χ4v) is 2.77. The minimum Gasteiger partial charge on any atom is -0.379 e. The maximum atomic E-state index is 12.7. The minimum absolute atomic E-state index is 0.0949. The smallest absolute Gasteiger partial charge is 0.236 e. The molecule has 0 aliphatic carbocycles. The van der Waals surface area contributed by atoms with E-state index in [0.29, 0.717) is 13.2 Å². The van der Waals surface area contributed by atoms with Crippen molar-refractivity contribution in [3.63, 3.8) is 0 Å². The van der Waals surface area contributed by atoms with Crippen LogP contribution in [0.15, 0.2) is 24.3 Å². The van der Waals surface area contributed by atoms with Gasteiger partial charge in [0, 0.05) is 18.3 Å². The maximum absolute atomic E-state index is 12.7. The van der Waals surface area contributed by atoms with Gasteiger partial charge in [0.05, 0.1) is 18.6 Å². The van der Waals surface area contributed by atoms with Crippen LogP contribution in [0.1, 0.15) is 12.5 Å². The molecule has 1 aromatic rings. The van der Waals surface area contributed by atoms with Crippen molar-refractivity contribution in [1.29, 1.82) is 0 Å². The number of nitrogens with zero attached hydrogens (tertiary/aromatic N) is 1. The molecule has 3 rings (SSSR count). The van der Waals surface area contributed by atoms with Gasteiger partial charge in [0.2, 0.25) is 5.91 Å². The van der Waals surface area contributed by atoms with Crippen LogP contribution in [0.4, 0.5) is 5.69 Å². The summed E-state index contributed by atoms with van der Waals surface area (Å²) < 4.78 is 5.37. The fourth-order valence-electron chi connectivity index (χ4n) is 2.77. The molecule has 18 heavy (non-hydrogen) atoms. The molecule has 96 valence electrons. The highest BCUT2D eigenvalue weighted by molar-refractivity contribution is 5.99. The Labute approximate surface area is 107 Å². The van der Waals surface area contributed by atoms with Gasteiger partial charge in [-0.2, -0.15) is 0 Å². The van der Waals surface area contributed by atoms with E-state index in [2.05, 4.69) is 6.07 Å². The van der Waals surface area contributed by atoms with E-state index in [4.69, 9.17) is 10.5 Å². The van der Waals surface area contributed by atoms with Crippen molar-refractivity contribution < 1.29 is 9.53 Å². The van der Waals surface area contributed by atoms with Crippen LogP contribution in [0, 0.1) is 5.41 Å². The molecule has 1 aromatic carbocycles. The number of rotatable bonds is 1. The Morgan fingerprint density at radius 3 is 3.00 bits per heavy atom. The second-order valence-corrected chi connectivity index (χ2v) is 5.37. The molecular formula is C14H18N2O2. The first-order chi connectivity index (χ1) is 8.63. The molecule has 2 aliphatic heterocycles. The highest BCUT2D eigenvalue weighted by atomic mass is 16.5. The number of fused-ring (bicyclic) bond motifs is 1. The topological polar surface area (TPSA) is 55.6 Å². The average Bonchev–Trinajstić information content (AvgIpc) is 2.94. The van der Waals surface area contributed by atoms with Gasteiger partial charge in [-0.3, -0.25) is 4.79 Å². The monoisotopic (exact) mass is 246 g/mol. The predicted octanol–water partition coefficient (Wildman–Crippen LogP) is 0.940. The molecule has 4 heteroatoms. The Morgan fingerprint density at radius 2 is 2.28 bits per heavy atom. The third-order valence-corrected chi connectivity index (χ3v) is 4.14. The summed E-state index contributed by atoms with van der Waals surface area (Å²) in [6.45, 7) is 3.55. The summed E-state index contributed by atoms with van der Waals surface area (Å²) in [5, 5.41) is 0. The van der Waals surface area contributed by atoms with E-state index in [9.17, 15) is 4.79 Å². The molecule has 0 bridgehead atoms. The normalized spacial score (nSPS) is 30.6. The number of hydrogen-bond donors (Lipinski definition) is 1. The zero-order valence-corrected chi connectivity index (χ0v) is 10.6. The van der Waals surface area contributed by atoms with Gasteiger partial charge in [0.15, 0.2) is 0 Å². The second kappa shape index (κ2) is 4.07. The van der Waals surface area contributed by atoms with E-state index >= 15 is 0 Å². The van der Waals surface area contributed by atoms with Gasteiger partial charge in [-0.1, -0.05) is 18.2 Å². The van der Waals surface area contributed by atoms with Gasteiger partial charge in [-0.15, -0.1) is 0 Å². The summed E-state index contributed by atoms with van der Waals surface area (Å²) in [5.41, 5.74) is 7.71. The van der Waals surface area contributed by atoms with Gasteiger partial charge < -0.3 is 15.4 Å². The van der Waals surface area contributed by atoms with Crippen molar-refractivity contribution in [1.82, 2.24) is 0 Å². The molecule has 1 fully saturated rings. The lowest BCUT2D eigenvalue weighted by Crippen LogP contribution is -2.51. The number of nitrogens with two attached hydrogens (primary N) is 1. The fraction of sp³-hybridized carbons (Fsp3) is 0.500. The van der Waals surface area contributed by atoms with Gasteiger partial charge in [0.25, 0.3) is 0 Å². The number of carbonyl (C=O) groups is 1. The van der Waals surface area contributed by atoms with E-state index in [1.165, 1.54) is 5.56 Å². The number of amides is 1. The molecule has 4 nitrogen and oxygen atoms in total. The van der Waals surface area contributed by atoms with Crippen molar-refractivity contribution in [2.24, 2.45) is 11.1 Å². The van der Waals surface area contributed by atoms with Crippen molar-refractivity contribution in [3.8, 4) is 0 Å². The third-order valence-electron chi connectivity index (χ3n) is 4.14. The molecule has 1 saturated heterocycles. The average molecular weight is 246 g/mol. The summed E-state index contributed by atoms with van der Waals surface area (Å²) in [5.74, 6) is 0.0949. The van der Waals surface area contributed by atoms with Gasteiger partial charge in [-0.25, -0.2) is 0 Å². The highest BCUT2D eigenvalue weighted by Crippen LogP contribution is 2.35. The Morgan fingerprint density at radius 1 is 1.50 bits per heavy atom. The van der Waals surface area contributed by atoms with Gasteiger partial charge >= 0.3 is 0 Å². The summed E-state index contributed by atoms with van der Waals surface area (Å²) >= 11 is 0. The maximum Gasteiger partial charge on any atom is 0.236 e. The summed E-state index contributed by atoms with van der Waals surface area (Å²) in [7, 11) is 0. The zero-order chi connectivity index (χ0) is 12.8. The molecule has 0 radical (unpaired) electrons. The number of para-hydroxylation sites is 1. The number of ether oxygens (including phenoxy) is 1. The number of hydrogen-bond acceptors (Lipinski definition) is 3. The van der Waals surface area contributed by atoms with E-state index in [1.807, 2.05) is 30.0 Å². The lowest BCUT2D eigenvalue weighted by molar-refractivity contribution is -0.127. The molecule has 2 unspecified atom stereocenters. The minimum atomic E-state index is -0.586. The van der Waals surface area contributed by atoms with Crippen LogP contribution in [0.2, 0.25) is 0 Å². The van der Waals surface area contributed by atoms with Crippen LogP contribution >= 0.6 is 0 Å². The molecule has 0 spiro atoms. The largest absolute Gasteiger partial charge is 0.379 e. The number of anilines is 1. The first kappa shape index (κ1) is 11.7. The quantitative estimate of drug-likeness (QED) is 0.802. The molecule has 2 atom stereocenters. The third kappa shape index (κ3) is 1.56. The van der Waals surface area contributed by atoms with E-state index in [-0.39, 0.29) is 11.9 Å². The van der Waals surface area contributed by atoms with Crippen LogP contribution in [-0.4, -0.2) is 31.7 Å². The lowest BCUT2D eigenvalue weighted by Gasteiger charge is -2.31. The summed E-state index contributed by atoms with van der Waals surface area (Å²) in [4.78, 5) is 14.6. The van der Waals surface area contributed by atoms with Crippen molar-refractivity contribution >= 4 is 11.6 Å². The molecule has 0 aromatic heterocycles. The second-order valence-electron chi connectivity index (χ2n) is 5.37. The van der Waals surface area contributed by atoms with Crippen LogP contribution in [0.25, 0.3) is 0 Å². The Bertz CT molecular complexity index is 488. The molecule has 0 saturated carbocycles. The SMILES string of the molecule is CC1(C(=O)N2CCc3ccccc32)COCC1N. The standard InChI is InChI=1S/C14H18N2O2/c1-14(9-18-8-12(14)15)13(17)16-7-6-10-4-2-3-5-11(10)16/h2-5,12H,6-9,15H2,1H3. The predicted molar refractivity (Wildman–Crippen MR) is 69.4 cm³/mol. The van der Waals surface area contributed by atoms with Crippen LogP contribution in [0.5, 0.6) is 0 Å². The molecular weight excluding hydrogens is 228 g/mol. The molecule has 1 amide bonds. The first-order valence-electron chi connectivity index (χ1n) is 6.36. The van der Waals surface area contributed by atoms with Crippen molar-refractivity contribution in [3.05, 3.63) is 29.8 Å². The first-order valence-corrected chi connectivity index (χ1v) is 6.36. The van der Waals surface area contributed by atoms with E-state index in [1.54, 1.807) is 0 Å². The van der Waals surface area contributed by atoms with Crippen LogP contribution in [0.3, 0.4) is 0 Å². The number of carbonyl (C=O) groups excluding carboxylic acids is 1. The summed E-state index contributed by atoms with van der Waals surface area (Å²) in [6.07, 6.45) is 0.925. The number of benzene rings is 1. The Balaban J connectivity index is 1.91. The van der Waals surface area contributed by atoms with Gasteiger partial charge in [-0.05, 0) is 25.0 Å². The van der Waals surface area contributed by atoms with Crippen LogP contribution < -0.4 is 10.6 Å². The van der Waals surface area contributed by atoms with E-state index < -0.39 is 5.41 Å². The summed E-state index contributed by atoms with van der Waals surface area (Å²) in [6, 6.07) is 7.86. The van der Waals surface area contributed by atoms with Crippen molar-refractivity contribution in [2.75, 3.05) is 24.7 Å².